The summed E-state index contributed by atoms with van der Waals surface area (Å²) in [7, 11) is 0. The zero-order chi connectivity index (χ0) is 41.4. The number of nitrogens with zero attached hydrogens (tertiary/aromatic N) is 5. The van der Waals surface area contributed by atoms with E-state index in [1.807, 2.05) is 35.6 Å². The van der Waals surface area contributed by atoms with E-state index in [4.69, 9.17) is 15.0 Å². The Bertz CT molecular complexity index is 3830. The predicted octanol–water partition coefficient (Wildman–Crippen LogP) is 15.1. The molecule has 294 valence electrons. The van der Waals surface area contributed by atoms with Crippen molar-refractivity contribution in [3.63, 3.8) is 0 Å². The molecule has 4 aromatic heterocycles. The maximum atomic E-state index is 5.26. The first-order valence-electron chi connectivity index (χ1n) is 21.2. The lowest BCUT2D eigenvalue weighted by Crippen LogP contribution is -2.00. The number of para-hydroxylation sites is 4. The van der Waals surface area contributed by atoms with E-state index < -0.39 is 0 Å². The highest BCUT2D eigenvalue weighted by atomic mass is 32.1. The van der Waals surface area contributed by atoms with Gasteiger partial charge in [-0.2, -0.15) is 0 Å². The molecular formula is C57H35N5S. The van der Waals surface area contributed by atoms with Crippen molar-refractivity contribution in [1.82, 2.24) is 24.1 Å². The second-order valence-corrected chi connectivity index (χ2v) is 17.0. The van der Waals surface area contributed by atoms with E-state index >= 15 is 0 Å². The quantitative estimate of drug-likeness (QED) is 0.168. The molecular weight excluding hydrogens is 787 g/mol. The van der Waals surface area contributed by atoms with Crippen molar-refractivity contribution in [3.8, 4) is 56.7 Å². The summed E-state index contributed by atoms with van der Waals surface area (Å²) in [4.78, 5) is 15.6. The van der Waals surface area contributed by atoms with Crippen molar-refractivity contribution < 1.29 is 0 Å². The van der Waals surface area contributed by atoms with Gasteiger partial charge < -0.3 is 9.13 Å². The van der Waals surface area contributed by atoms with E-state index in [9.17, 15) is 0 Å². The van der Waals surface area contributed by atoms with Gasteiger partial charge in [0, 0.05) is 59.4 Å². The molecule has 0 aliphatic heterocycles. The molecule has 63 heavy (non-hydrogen) atoms. The Morgan fingerprint density at radius 1 is 0.333 bits per heavy atom. The molecule has 6 heteroatoms. The molecule has 0 unspecified atom stereocenters. The van der Waals surface area contributed by atoms with Gasteiger partial charge in [-0.05, 0) is 47.5 Å². The molecule has 0 aliphatic rings. The number of aromatic nitrogens is 5. The first-order valence-corrected chi connectivity index (χ1v) is 22.0. The van der Waals surface area contributed by atoms with Gasteiger partial charge >= 0.3 is 0 Å². The molecule has 13 aromatic rings. The van der Waals surface area contributed by atoms with Crippen LogP contribution < -0.4 is 0 Å². The molecule has 0 aliphatic carbocycles. The Morgan fingerprint density at radius 2 is 0.841 bits per heavy atom. The normalized spacial score (nSPS) is 11.8. The Kier molecular flexibility index (Phi) is 8.01. The van der Waals surface area contributed by atoms with E-state index in [0.717, 1.165) is 39.0 Å². The molecule has 4 heterocycles. The van der Waals surface area contributed by atoms with Crippen molar-refractivity contribution >= 4 is 75.1 Å². The van der Waals surface area contributed by atoms with Gasteiger partial charge in [0.1, 0.15) is 0 Å². The summed E-state index contributed by atoms with van der Waals surface area (Å²) in [6.07, 6.45) is 0. The first-order chi connectivity index (χ1) is 31.3. The van der Waals surface area contributed by atoms with Crippen molar-refractivity contribution in [1.29, 1.82) is 0 Å². The highest BCUT2D eigenvalue weighted by molar-refractivity contribution is 7.26. The fraction of sp³-hybridized carbons (Fsp3) is 0. The molecule has 9 aromatic carbocycles. The minimum Gasteiger partial charge on any atom is -0.307 e. The highest BCUT2D eigenvalue weighted by Crippen LogP contribution is 2.47. The minimum atomic E-state index is 0.638. The third-order valence-corrected chi connectivity index (χ3v) is 13.6. The minimum absolute atomic E-state index is 0.638. The average molecular weight is 822 g/mol. The van der Waals surface area contributed by atoms with E-state index in [1.54, 1.807) is 0 Å². The topological polar surface area (TPSA) is 48.5 Å². The monoisotopic (exact) mass is 821 g/mol. The number of fused-ring (bicyclic) bond motifs is 10. The number of hydrogen-bond donors (Lipinski definition) is 0. The van der Waals surface area contributed by atoms with Gasteiger partial charge in [0.05, 0.1) is 32.5 Å². The predicted molar refractivity (Wildman–Crippen MR) is 263 cm³/mol. The fourth-order valence-corrected chi connectivity index (χ4v) is 10.8. The Morgan fingerprint density at radius 3 is 1.54 bits per heavy atom. The fourth-order valence-electron chi connectivity index (χ4n) is 9.58. The third-order valence-electron chi connectivity index (χ3n) is 12.4. The number of benzene rings is 9. The zero-order valence-corrected chi connectivity index (χ0v) is 34.7. The smallest absolute Gasteiger partial charge is 0.164 e. The van der Waals surface area contributed by atoms with Gasteiger partial charge in [0.15, 0.2) is 17.5 Å². The second kappa shape index (κ2) is 14.2. The largest absolute Gasteiger partial charge is 0.307 e. The van der Waals surface area contributed by atoms with Crippen LogP contribution in [0.1, 0.15) is 0 Å². The lowest BCUT2D eigenvalue weighted by molar-refractivity contribution is 1.08. The molecule has 0 spiro atoms. The Balaban J connectivity index is 1.07. The maximum Gasteiger partial charge on any atom is 0.164 e. The van der Waals surface area contributed by atoms with Crippen molar-refractivity contribution in [3.05, 3.63) is 212 Å². The SMILES string of the molecule is c1ccc(-c2ccc(-c3nc(-c4ccccc4)nc(-c4cccc5sc6c(ccc7c8cccc(-n9c%10ccccc%10c%10ccccc%109)c8n(-c8ccccc8)c76)c45)n3)cc2)cc1. The van der Waals surface area contributed by atoms with Crippen LogP contribution >= 0.6 is 11.3 Å². The van der Waals surface area contributed by atoms with Crippen LogP contribution in [0.15, 0.2) is 212 Å². The third kappa shape index (κ3) is 5.59. The van der Waals surface area contributed by atoms with Gasteiger partial charge in [-0.25, -0.2) is 15.0 Å². The zero-order valence-electron chi connectivity index (χ0n) is 33.9. The first kappa shape index (κ1) is 35.6. The molecule has 5 nitrogen and oxygen atoms in total. The van der Waals surface area contributed by atoms with Crippen LogP contribution in [-0.4, -0.2) is 24.1 Å². The highest BCUT2D eigenvalue weighted by Gasteiger charge is 2.24. The second-order valence-electron chi connectivity index (χ2n) is 15.9. The molecule has 0 radical (unpaired) electrons. The van der Waals surface area contributed by atoms with E-state index in [2.05, 4.69) is 197 Å². The van der Waals surface area contributed by atoms with Gasteiger partial charge in [-0.1, -0.05) is 176 Å². The van der Waals surface area contributed by atoms with Gasteiger partial charge in [0.25, 0.3) is 0 Å². The number of rotatable bonds is 6. The Hall–Kier alpha value is -8.19. The van der Waals surface area contributed by atoms with Crippen LogP contribution in [-0.2, 0) is 0 Å². The summed E-state index contributed by atoms with van der Waals surface area (Å²) in [5.41, 5.74) is 12.2. The number of thiophene rings is 1. The van der Waals surface area contributed by atoms with Gasteiger partial charge in [-0.15, -0.1) is 11.3 Å². The van der Waals surface area contributed by atoms with Crippen LogP contribution in [0.4, 0.5) is 0 Å². The molecule has 0 fully saturated rings. The van der Waals surface area contributed by atoms with E-state index in [-0.39, 0.29) is 0 Å². The van der Waals surface area contributed by atoms with Gasteiger partial charge in [0.2, 0.25) is 0 Å². The van der Waals surface area contributed by atoms with Crippen LogP contribution in [0, 0.1) is 0 Å². The number of hydrogen-bond acceptors (Lipinski definition) is 4. The van der Waals surface area contributed by atoms with Crippen LogP contribution in [0.3, 0.4) is 0 Å². The van der Waals surface area contributed by atoms with Gasteiger partial charge in [-0.3, -0.25) is 0 Å². The molecule has 0 bridgehead atoms. The van der Waals surface area contributed by atoms with Crippen LogP contribution in [0.25, 0.3) is 120 Å². The average Bonchev–Trinajstić information content (AvgIpc) is 4.03. The Labute approximate surface area is 366 Å². The molecule has 0 saturated heterocycles. The van der Waals surface area contributed by atoms with E-state index in [0.29, 0.717) is 17.5 Å². The summed E-state index contributed by atoms with van der Waals surface area (Å²) in [6.45, 7) is 0. The molecule has 13 rings (SSSR count). The van der Waals surface area contributed by atoms with Crippen molar-refractivity contribution in [2.75, 3.05) is 0 Å². The standard InChI is InChI=1S/C57H35N5S/c1-4-16-36(17-5-1)37-30-32-39(33-31-37)56-58-55(38-18-6-2-7-19-38)59-57(60-56)46-25-15-29-50-51(46)45-35-34-44-43-24-14-28-49(52(43)61(53(44)54(45)63-50)40-20-8-3-9-21-40)62-47-26-12-10-22-41(47)42-23-11-13-27-48(42)62/h1-35H. The van der Waals surface area contributed by atoms with Crippen LogP contribution in [0.2, 0.25) is 0 Å². The van der Waals surface area contributed by atoms with Crippen LogP contribution in [0.5, 0.6) is 0 Å². The lowest BCUT2D eigenvalue weighted by atomic mass is 10.0. The van der Waals surface area contributed by atoms with Crippen molar-refractivity contribution in [2.24, 2.45) is 0 Å². The lowest BCUT2D eigenvalue weighted by Gasteiger charge is -2.14. The summed E-state index contributed by atoms with van der Waals surface area (Å²) in [6, 6.07) is 75.4. The van der Waals surface area contributed by atoms with E-state index in [1.165, 1.54) is 64.0 Å². The molecule has 0 atom stereocenters. The summed E-state index contributed by atoms with van der Waals surface area (Å²) < 4.78 is 7.34. The summed E-state index contributed by atoms with van der Waals surface area (Å²) >= 11 is 1.83. The molecule has 0 N–H and O–H groups in total. The van der Waals surface area contributed by atoms with Crippen molar-refractivity contribution in [2.45, 2.75) is 0 Å². The maximum absolute atomic E-state index is 5.26. The molecule has 0 amide bonds. The summed E-state index contributed by atoms with van der Waals surface area (Å²) in [5.74, 6) is 1.93. The molecule has 0 saturated carbocycles. The summed E-state index contributed by atoms with van der Waals surface area (Å²) in [5, 5.41) is 7.22.